The van der Waals surface area contributed by atoms with E-state index in [0.717, 1.165) is 11.0 Å². The third-order valence-corrected chi connectivity index (χ3v) is 3.22. The van der Waals surface area contributed by atoms with Crippen molar-refractivity contribution in [2.75, 3.05) is 20.2 Å². The SMILES string of the molecule is COC(=O)CNCC(C)(C)c1ccc(Br)cc1. The third-order valence-electron chi connectivity index (χ3n) is 2.69. The highest BCUT2D eigenvalue weighted by molar-refractivity contribution is 9.10. The maximum absolute atomic E-state index is 11.0. The molecule has 0 fully saturated rings. The lowest BCUT2D eigenvalue weighted by Crippen LogP contribution is -2.36. The molecule has 0 aliphatic heterocycles. The number of hydrogen-bond acceptors (Lipinski definition) is 3. The Balaban J connectivity index is 2.56. The van der Waals surface area contributed by atoms with Gasteiger partial charge < -0.3 is 10.1 Å². The van der Waals surface area contributed by atoms with Gasteiger partial charge >= 0.3 is 5.97 Å². The lowest BCUT2D eigenvalue weighted by Gasteiger charge is -2.25. The Kier molecular flexibility index (Phi) is 5.15. The smallest absolute Gasteiger partial charge is 0.319 e. The second-order valence-corrected chi connectivity index (χ2v) is 5.49. The molecule has 94 valence electrons. The molecular formula is C13H18BrNO2. The van der Waals surface area contributed by atoms with Crippen LogP contribution in [0.3, 0.4) is 0 Å². The van der Waals surface area contributed by atoms with Crippen molar-refractivity contribution >= 4 is 21.9 Å². The van der Waals surface area contributed by atoms with Gasteiger partial charge in [0.1, 0.15) is 0 Å². The van der Waals surface area contributed by atoms with Crippen molar-refractivity contribution in [2.24, 2.45) is 0 Å². The average Bonchev–Trinajstić information content (AvgIpc) is 2.29. The van der Waals surface area contributed by atoms with Crippen LogP contribution >= 0.6 is 15.9 Å². The Morgan fingerprint density at radius 1 is 1.35 bits per heavy atom. The molecule has 1 rings (SSSR count). The van der Waals surface area contributed by atoms with Gasteiger partial charge in [-0.1, -0.05) is 41.9 Å². The van der Waals surface area contributed by atoms with Crippen LogP contribution in [-0.2, 0) is 14.9 Å². The predicted octanol–water partition coefficient (Wildman–Crippen LogP) is 2.49. The number of esters is 1. The number of benzene rings is 1. The topological polar surface area (TPSA) is 38.3 Å². The molecule has 0 aromatic heterocycles. The van der Waals surface area contributed by atoms with E-state index in [1.165, 1.54) is 12.7 Å². The van der Waals surface area contributed by atoms with Gasteiger partial charge in [-0.15, -0.1) is 0 Å². The molecule has 1 N–H and O–H groups in total. The van der Waals surface area contributed by atoms with Crippen molar-refractivity contribution in [1.29, 1.82) is 0 Å². The molecule has 0 saturated heterocycles. The van der Waals surface area contributed by atoms with Gasteiger partial charge in [0.15, 0.2) is 0 Å². The molecule has 0 unspecified atom stereocenters. The number of hydrogen-bond donors (Lipinski definition) is 1. The highest BCUT2D eigenvalue weighted by atomic mass is 79.9. The molecule has 0 amide bonds. The maximum Gasteiger partial charge on any atom is 0.319 e. The van der Waals surface area contributed by atoms with Crippen molar-refractivity contribution in [3.05, 3.63) is 34.3 Å². The summed E-state index contributed by atoms with van der Waals surface area (Å²) in [6, 6.07) is 8.22. The summed E-state index contributed by atoms with van der Waals surface area (Å²) in [5.41, 5.74) is 1.22. The van der Waals surface area contributed by atoms with E-state index in [1.54, 1.807) is 0 Å². The van der Waals surface area contributed by atoms with Gasteiger partial charge in [-0.3, -0.25) is 4.79 Å². The Morgan fingerprint density at radius 3 is 2.47 bits per heavy atom. The van der Waals surface area contributed by atoms with Gasteiger partial charge in [0, 0.05) is 16.4 Å². The van der Waals surface area contributed by atoms with Gasteiger partial charge in [0.25, 0.3) is 0 Å². The molecule has 0 bridgehead atoms. The van der Waals surface area contributed by atoms with Crippen LogP contribution in [0.1, 0.15) is 19.4 Å². The minimum atomic E-state index is -0.239. The first-order chi connectivity index (χ1) is 7.95. The highest BCUT2D eigenvalue weighted by Crippen LogP contribution is 2.23. The minimum absolute atomic E-state index is 0.0191. The van der Waals surface area contributed by atoms with Crippen molar-refractivity contribution in [1.82, 2.24) is 5.32 Å². The quantitative estimate of drug-likeness (QED) is 0.849. The normalized spacial score (nSPS) is 11.3. The monoisotopic (exact) mass is 299 g/mol. The summed E-state index contributed by atoms with van der Waals surface area (Å²) in [7, 11) is 1.39. The molecule has 0 saturated carbocycles. The van der Waals surface area contributed by atoms with Crippen molar-refractivity contribution < 1.29 is 9.53 Å². The fourth-order valence-electron chi connectivity index (χ4n) is 1.55. The number of nitrogens with one attached hydrogen (secondary N) is 1. The fraction of sp³-hybridized carbons (Fsp3) is 0.462. The lowest BCUT2D eigenvalue weighted by atomic mass is 9.85. The van der Waals surface area contributed by atoms with E-state index < -0.39 is 0 Å². The summed E-state index contributed by atoms with van der Waals surface area (Å²) >= 11 is 3.42. The second kappa shape index (κ2) is 6.17. The van der Waals surface area contributed by atoms with E-state index in [1.807, 2.05) is 12.1 Å². The molecule has 4 heteroatoms. The van der Waals surface area contributed by atoms with Crippen LogP contribution in [-0.4, -0.2) is 26.2 Å². The average molecular weight is 300 g/mol. The zero-order valence-corrected chi connectivity index (χ0v) is 12.0. The predicted molar refractivity (Wildman–Crippen MR) is 72.1 cm³/mol. The summed E-state index contributed by atoms with van der Waals surface area (Å²) < 4.78 is 5.65. The number of halogens is 1. The largest absolute Gasteiger partial charge is 0.468 e. The third kappa shape index (κ3) is 4.48. The van der Waals surface area contributed by atoms with E-state index in [-0.39, 0.29) is 17.9 Å². The van der Waals surface area contributed by atoms with Crippen LogP contribution in [0, 0.1) is 0 Å². The molecule has 0 heterocycles. The van der Waals surface area contributed by atoms with Gasteiger partial charge in [-0.05, 0) is 17.7 Å². The van der Waals surface area contributed by atoms with Gasteiger partial charge in [0.05, 0.1) is 13.7 Å². The summed E-state index contributed by atoms with van der Waals surface area (Å²) in [4.78, 5) is 11.0. The van der Waals surface area contributed by atoms with Crippen LogP contribution in [0.4, 0.5) is 0 Å². The molecule has 0 aliphatic rings. The maximum atomic E-state index is 11.0. The molecule has 1 aromatic carbocycles. The van der Waals surface area contributed by atoms with Crippen molar-refractivity contribution in [3.63, 3.8) is 0 Å². The summed E-state index contributed by atoms with van der Waals surface area (Å²) in [6.07, 6.45) is 0. The molecule has 17 heavy (non-hydrogen) atoms. The van der Waals surface area contributed by atoms with Crippen molar-refractivity contribution in [3.8, 4) is 0 Å². The summed E-state index contributed by atoms with van der Waals surface area (Å²) in [5.74, 6) is -0.239. The zero-order chi connectivity index (χ0) is 12.9. The number of carbonyl (C=O) groups is 1. The van der Waals surface area contributed by atoms with E-state index in [0.29, 0.717) is 0 Å². The van der Waals surface area contributed by atoms with E-state index >= 15 is 0 Å². The number of rotatable bonds is 5. The van der Waals surface area contributed by atoms with E-state index in [9.17, 15) is 4.79 Å². The van der Waals surface area contributed by atoms with Crippen LogP contribution in [0.5, 0.6) is 0 Å². The lowest BCUT2D eigenvalue weighted by molar-refractivity contribution is -0.139. The van der Waals surface area contributed by atoms with E-state index in [2.05, 4.69) is 52.0 Å². The van der Waals surface area contributed by atoms with Gasteiger partial charge in [-0.25, -0.2) is 0 Å². The van der Waals surface area contributed by atoms with Gasteiger partial charge in [-0.2, -0.15) is 0 Å². The first-order valence-electron chi connectivity index (χ1n) is 5.49. The molecular weight excluding hydrogens is 282 g/mol. The minimum Gasteiger partial charge on any atom is -0.468 e. The highest BCUT2D eigenvalue weighted by Gasteiger charge is 2.20. The molecule has 3 nitrogen and oxygen atoms in total. The Hall–Kier alpha value is -0.870. The first-order valence-corrected chi connectivity index (χ1v) is 6.28. The summed E-state index contributed by atoms with van der Waals surface area (Å²) in [5, 5.41) is 3.10. The summed E-state index contributed by atoms with van der Waals surface area (Å²) in [6.45, 7) is 5.25. The van der Waals surface area contributed by atoms with Crippen LogP contribution in [0.25, 0.3) is 0 Å². The molecule has 0 aliphatic carbocycles. The Bertz CT molecular complexity index is 374. The standard InChI is InChI=1S/C13H18BrNO2/c1-13(2,9-15-8-12(16)17-3)10-4-6-11(14)7-5-10/h4-7,15H,8-9H2,1-3H3. The van der Waals surface area contributed by atoms with E-state index in [4.69, 9.17) is 0 Å². The van der Waals surface area contributed by atoms with Gasteiger partial charge in [0.2, 0.25) is 0 Å². The fourth-order valence-corrected chi connectivity index (χ4v) is 1.82. The van der Waals surface area contributed by atoms with Crippen molar-refractivity contribution in [2.45, 2.75) is 19.3 Å². The zero-order valence-electron chi connectivity index (χ0n) is 10.4. The first kappa shape index (κ1) is 14.2. The molecule has 0 atom stereocenters. The van der Waals surface area contributed by atoms with Crippen LogP contribution in [0.2, 0.25) is 0 Å². The number of ether oxygens (including phenoxy) is 1. The van der Waals surface area contributed by atoms with Crippen LogP contribution < -0.4 is 5.32 Å². The number of carbonyl (C=O) groups excluding carboxylic acids is 1. The molecule has 0 spiro atoms. The molecule has 0 radical (unpaired) electrons. The number of methoxy groups -OCH3 is 1. The Labute approximate surface area is 111 Å². The molecule has 1 aromatic rings. The Morgan fingerprint density at radius 2 is 1.94 bits per heavy atom. The van der Waals surface area contributed by atoms with Crippen LogP contribution in [0.15, 0.2) is 28.7 Å². The second-order valence-electron chi connectivity index (χ2n) is 4.57.